The van der Waals surface area contributed by atoms with Gasteiger partial charge in [-0.15, -0.1) is 0 Å². The molecule has 2 nitrogen and oxygen atoms in total. The number of pyridine rings is 1. The van der Waals surface area contributed by atoms with Crippen LogP contribution in [0.3, 0.4) is 0 Å². The molecule has 2 aromatic rings. The van der Waals surface area contributed by atoms with Gasteiger partial charge < -0.3 is 4.74 Å². The summed E-state index contributed by atoms with van der Waals surface area (Å²) in [7, 11) is 0. The smallest absolute Gasteiger partial charge is 0.122 e. The predicted molar refractivity (Wildman–Crippen MR) is 73.0 cm³/mol. The van der Waals surface area contributed by atoms with Gasteiger partial charge in [0.15, 0.2) is 0 Å². The standard InChI is InChI=1S/C16H17NO/c1-11(2)14-3-5-15(17-10-14)12-4-6-16-13(9-12)7-8-18-16/h3-6,9-11H,7-8H2,1-2H3. The lowest BCUT2D eigenvalue weighted by atomic mass is 10.0. The van der Waals surface area contributed by atoms with Crippen LogP contribution < -0.4 is 4.74 Å². The van der Waals surface area contributed by atoms with Crippen molar-refractivity contribution >= 4 is 0 Å². The Labute approximate surface area is 108 Å². The van der Waals surface area contributed by atoms with Gasteiger partial charge in [0.25, 0.3) is 0 Å². The van der Waals surface area contributed by atoms with Crippen LogP contribution in [0.25, 0.3) is 11.3 Å². The van der Waals surface area contributed by atoms with Gasteiger partial charge >= 0.3 is 0 Å². The van der Waals surface area contributed by atoms with Crippen molar-refractivity contribution in [2.45, 2.75) is 26.2 Å². The van der Waals surface area contributed by atoms with Gasteiger partial charge in [-0.3, -0.25) is 4.98 Å². The molecule has 0 aliphatic carbocycles. The van der Waals surface area contributed by atoms with Gasteiger partial charge in [0.05, 0.1) is 12.3 Å². The molecule has 0 amide bonds. The van der Waals surface area contributed by atoms with E-state index in [2.05, 4.69) is 49.2 Å². The predicted octanol–water partition coefficient (Wildman–Crippen LogP) is 3.81. The molecule has 0 saturated carbocycles. The zero-order chi connectivity index (χ0) is 12.5. The maximum atomic E-state index is 5.52. The van der Waals surface area contributed by atoms with Crippen LogP contribution in [0.5, 0.6) is 5.75 Å². The lowest BCUT2D eigenvalue weighted by Gasteiger charge is -2.07. The number of hydrogen-bond acceptors (Lipinski definition) is 2. The highest BCUT2D eigenvalue weighted by molar-refractivity contribution is 5.62. The van der Waals surface area contributed by atoms with Crippen molar-refractivity contribution in [2.24, 2.45) is 0 Å². The van der Waals surface area contributed by atoms with Crippen LogP contribution in [-0.4, -0.2) is 11.6 Å². The van der Waals surface area contributed by atoms with Crippen molar-refractivity contribution in [1.29, 1.82) is 0 Å². The molecular formula is C16H17NO. The fourth-order valence-electron chi connectivity index (χ4n) is 2.26. The van der Waals surface area contributed by atoms with Crippen LogP contribution in [0.2, 0.25) is 0 Å². The molecule has 0 N–H and O–H groups in total. The van der Waals surface area contributed by atoms with Crippen molar-refractivity contribution in [1.82, 2.24) is 4.98 Å². The average Bonchev–Trinajstić information content (AvgIpc) is 2.86. The molecule has 0 atom stereocenters. The first-order chi connectivity index (χ1) is 8.74. The molecule has 18 heavy (non-hydrogen) atoms. The maximum Gasteiger partial charge on any atom is 0.122 e. The minimum Gasteiger partial charge on any atom is -0.493 e. The summed E-state index contributed by atoms with van der Waals surface area (Å²) in [5, 5.41) is 0. The van der Waals surface area contributed by atoms with Crippen LogP contribution in [0.4, 0.5) is 0 Å². The molecule has 2 heterocycles. The molecule has 0 radical (unpaired) electrons. The van der Waals surface area contributed by atoms with Gasteiger partial charge in [0.2, 0.25) is 0 Å². The summed E-state index contributed by atoms with van der Waals surface area (Å²) in [4.78, 5) is 4.55. The van der Waals surface area contributed by atoms with E-state index in [1.54, 1.807) is 0 Å². The second-order valence-corrected chi connectivity index (χ2v) is 5.05. The lowest BCUT2D eigenvalue weighted by Crippen LogP contribution is -1.90. The Balaban J connectivity index is 1.95. The van der Waals surface area contributed by atoms with E-state index in [4.69, 9.17) is 4.74 Å². The van der Waals surface area contributed by atoms with E-state index >= 15 is 0 Å². The molecule has 92 valence electrons. The van der Waals surface area contributed by atoms with Crippen molar-refractivity contribution in [2.75, 3.05) is 6.61 Å². The van der Waals surface area contributed by atoms with Gasteiger partial charge in [-0.1, -0.05) is 19.9 Å². The fraction of sp³-hybridized carbons (Fsp3) is 0.312. The van der Waals surface area contributed by atoms with Crippen molar-refractivity contribution in [3.8, 4) is 17.0 Å². The van der Waals surface area contributed by atoms with E-state index in [-0.39, 0.29) is 0 Å². The largest absolute Gasteiger partial charge is 0.493 e. The third-order valence-corrected chi connectivity index (χ3v) is 3.44. The van der Waals surface area contributed by atoms with Gasteiger partial charge in [0.1, 0.15) is 5.75 Å². The van der Waals surface area contributed by atoms with Gasteiger partial charge in [-0.2, -0.15) is 0 Å². The van der Waals surface area contributed by atoms with E-state index < -0.39 is 0 Å². The Morgan fingerprint density at radius 2 is 2.06 bits per heavy atom. The summed E-state index contributed by atoms with van der Waals surface area (Å²) in [5.74, 6) is 1.55. The SMILES string of the molecule is CC(C)c1ccc(-c2ccc3c(c2)CCO3)nc1. The van der Waals surface area contributed by atoms with E-state index in [1.165, 1.54) is 16.7 Å². The van der Waals surface area contributed by atoms with Crippen LogP contribution >= 0.6 is 0 Å². The van der Waals surface area contributed by atoms with E-state index in [0.29, 0.717) is 5.92 Å². The summed E-state index contributed by atoms with van der Waals surface area (Å²) in [6.07, 6.45) is 2.98. The second kappa shape index (κ2) is 4.45. The summed E-state index contributed by atoms with van der Waals surface area (Å²) in [6, 6.07) is 10.6. The average molecular weight is 239 g/mol. The first-order valence-corrected chi connectivity index (χ1v) is 6.46. The number of ether oxygens (including phenoxy) is 1. The molecule has 3 rings (SSSR count). The number of hydrogen-bond donors (Lipinski definition) is 0. The van der Waals surface area contributed by atoms with Gasteiger partial charge in [-0.05, 0) is 41.3 Å². The first kappa shape index (κ1) is 11.3. The Kier molecular flexibility index (Phi) is 2.78. The van der Waals surface area contributed by atoms with Gasteiger partial charge in [-0.25, -0.2) is 0 Å². The molecular weight excluding hydrogens is 222 g/mol. The minimum atomic E-state index is 0.528. The van der Waals surface area contributed by atoms with Crippen molar-refractivity contribution in [3.63, 3.8) is 0 Å². The Hall–Kier alpha value is -1.83. The van der Waals surface area contributed by atoms with Gasteiger partial charge in [0, 0.05) is 18.2 Å². The van der Waals surface area contributed by atoms with Crippen LogP contribution in [0.1, 0.15) is 30.9 Å². The zero-order valence-electron chi connectivity index (χ0n) is 10.8. The summed E-state index contributed by atoms with van der Waals surface area (Å²) in [6.45, 7) is 5.17. The number of aromatic nitrogens is 1. The molecule has 1 aromatic carbocycles. The molecule has 1 aliphatic rings. The highest BCUT2D eigenvalue weighted by atomic mass is 16.5. The third kappa shape index (κ3) is 1.99. The van der Waals surface area contributed by atoms with E-state index in [1.807, 2.05) is 6.20 Å². The summed E-state index contributed by atoms with van der Waals surface area (Å²) >= 11 is 0. The van der Waals surface area contributed by atoms with E-state index in [9.17, 15) is 0 Å². The fourth-order valence-corrected chi connectivity index (χ4v) is 2.26. The summed E-state index contributed by atoms with van der Waals surface area (Å²) < 4.78 is 5.52. The Bertz CT molecular complexity index is 558. The van der Waals surface area contributed by atoms with Crippen LogP contribution in [0, 0.1) is 0 Å². The molecule has 0 spiro atoms. The number of fused-ring (bicyclic) bond motifs is 1. The molecule has 0 fully saturated rings. The minimum absolute atomic E-state index is 0.528. The number of rotatable bonds is 2. The Morgan fingerprint density at radius 3 is 2.78 bits per heavy atom. The summed E-state index contributed by atoms with van der Waals surface area (Å²) in [5.41, 5.74) is 4.79. The molecule has 1 aliphatic heterocycles. The molecule has 2 heteroatoms. The lowest BCUT2D eigenvalue weighted by molar-refractivity contribution is 0.357. The van der Waals surface area contributed by atoms with E-state index in [0.717, 1.165) is 24.5 Å². The normalized spacial score (nSPS) is 13.5. The first-order valence-electron chi connectivity index (χ1n) is 6.46. The van der Waals surface area contributed by atoms with Crippen LogP contribution in [0.15, 0.2) is 36.5 Å². The van der Waals surface area contributed by atoms with Crippen molar-refractivity contribution < 1.29 is 4.74 Å². The number of benzene rings is 1. The molecule has 0 bridgehead atoms. The second-order valence-electron chi connectivity index (χ2n) is 5.05. The highest BCUT2D eigenvalue weighted by Gasteiger charge is 2.13. The number of nitrogens with zero attached hydrogens (tertiary/aromatic N) is 1. The quantitative estimate of drug-likeness (QED) is 0.795. The Morgan fingerprint density at radius 1 is 1.17 bits per heavy atom. The van der Waals surface area contributed by atoms with Crippen molar-refractivity contribution in [3.05, 3.63) is 47.7 Å². The monoisotopic (exact) mass is 239 g/mol. The molecule has 1 aromatic heterocycles. The zero-order valence-corrected chi connectivity index (χ0v) is 10.8. The third-order valence-electron chi connectivity index (χ3n) is 3.44. The molecule has 0 saturated heterocycles. The molecule has 0 unspecified atom stereocenters. The maximum absolute atomic E-state index is 5.52. The topological polar surface area (TPSA) is 22.1 Å². The van der Waals surface area contributed by atoms with Crippen LogP contribution in [-0.2, 0) is 6.42 Å². The highest BCUT2D eigenvalue weighted by Crippen LogP contribution is 2.30.